The van der Waals surface area contributed by atoms with Crippen LogP contribution in [0, 0.1) is 0 Å². The summed E-state index contributed by atoms with van der Waals surface area (Å²) < 4.78 is 5.99. The molecule has 0 aromatic heterocycles. The van der Waals surface area contributed by atoms with Gasteiger partial charge in [0.1, 0.15) is 0 Å². The van der Waals surface area contributed by atoms with Crippen molar-refractivity contribution >= 4 is 5.96 Å². The van der Waals surface area contributed by atoms with Gasteiger partial charge >= 0.3 is 0 Å². The summed E-state index contributed by atoms with van der Waals surface area (Å²) >= 11 is 0. The molecule has 0 saturated carbocycles. The minimum atomic E-state index is 0.365. The van der Waals surface area contributed by atoms with E-state index in [0.717, 1.165) is 32.0 Å². The van der Waals surface area contributed by atoms with E-state index in [1.807, 2.05) is 0 Å². The molecule has 1 aromatic carbocycles. The second-order valence-electron chi connectivity index (χ2n) is 8.51. The van der Waals surface area contributed by atoms with Crippen molar-refractivity contribution in [3.63, 3.8) is 0 Å². The number of nitrogens with one attached hydrogen (secondary N) is 2. The quantitative estimate of drug-likeness (QED) is 0.583. The number of guanidine groups is 1. The Bertz CT molecular complexity index is 654. The standard InChI is InChI=1S/C23H36N4O/c1-2-24-23(26-21-15-20-11-12-22(21)28-20)25-16-18-9-5-6-10-19(18)17-27-13-7-3-4-8-14-27/h5-6,9-10,20-22H,2-4,7-8,11-17H2,1H3,(H2,24,25,26). The Morgan fingerprint density at radius 1 is 1.11 bits per heavy atom. The number of rotatable bonds is 6. The third-order valence-corrected chi connectivity index (χ3v) is 6.39. The maximum Gasteiger partial charge on any atom is 0.191 e. The topological polar surface area (TPSA) is 48.9 Å². The smallest absolute Gasteiger partial charge is 0.191 e. The van der Waals surface area contributed by atoms with Gasteiger partial charge in [-0.2, -0.15) is 0 Å². The zero-order chi connectivity index (χ0) is 19.2. The van der Waals surface area contributed by atoms with E-state index in [1.165, 1.54) is 62.7 Å². The fourth-order valence-corrected chi connectivity index (χ4v) is 4.85. The summed E-state index contributed by atoms with van der Waals surface area (Å²) in [6, 6.07) is 9.22. The number of nitrogens with zero attached hydrogens (tertiary/aromatic N) is 2. The third-order valence-electron chi connectivity index (χ3n) is 6.39. The number of hydrogen-bond acceptors (Lipinski definition) is 3. The van der Waals surface area contributed by atoms with Crippen molar-refractivity contribution in [1.29, 1.82) is 0 Å². The van der Waals surface area contributed by atoms with Crippen molar-refractivity contribution in [2.45, 2.75) is 83.2 Å². The number of benzene rings is 1. The SMILES string of the molecule is CCNC(=NCc1ccccc1CN1CCCCCC1)NC1CC2CCC1O2. The van der Waals surface area contributed by atoms with Crippen LogP contribution < -0.4 is 10.6 Å². The lowest BCUT2D eigenvalue weighted by Crippen LogP contribution is -2.47. The molecule has 0 spiro atoms. The van der Waals surface area contributed by atoms with Crippen LogP contribution >= 0.6 is 0 Å². The minimum absolute atomic E-state index is 0.365. The van der Waals surface area contributed by atoms with Gasteiger partial charge < -0.3 is 15.4 Å². The molecule has 3 aliphatic heterocycles. The van der Waals surface area contributed by atoms with Crippen molar-refractivity contribution in [3.8, 4) is 0 Å². The van der Waals surface area contributed by atoms with Gasteiger partial charge in [-0.05, 0) is 63.2 Å². The molecule has 3 unspecified atom stereocenters. The van der Waals surface area contributed by atoms with Crippen LogP contribution in [0.2, 0.25) is 0 Å². The molecule has 2 bridgehead atoms. The van der Waals surface area contributed by atoms with Gasteiger partial charge in [0.15, 0.2) is 5.96 Å². The Hall–Kier alpha value is -1.59. The second-order valence-corrected chi connectivity index (χ2v) is 8.51. The number of likely N-dealkylation sites (tertiary alicyclic amines) is 1. The predicted octanol–water partition coefficient (Wildman–Crippen LogP) is 3.44. The highest BCUT2D eigenvalue weighted by Crippen LogP contribution is 2.34. The van der Waals surface area contributed by atoms with Crippen molar-refractivity contribution < 1.29 is 4.74 Å². The Morgan fingerprint density at radius 2 is 1.89 bits per heavy atom. The molecular weight excluding hydrogens is 348 g/mol. The highest BCUT2D eigenvalue weighted by molar-refractivity contribution is 5.80. The molecule has 4 rings (SSSR count). The summed E-state index contributed by atoms with van der Waals surface area (Å²) in [4.78, 5) is 7.54. The first-order valence-electron chi connectivity index (χ1n) is 11.3. The number of hydrogen-bond donors (Lipinski definition) is 2. The highest BCUT2D eigenvalue weighted by atomic mass is 16.5. The number of aliphatic imine (C=N–C) groups is 1. The first-order valence-corrected chi connectivity index (χ1v) is 11.3. The fourth-order valence-electron chi connectivity index (χ4n) is 4.85. The monoisotopic (exact) mass is 384 g/mol. The molecule has 2 N–H and O–H groups in total. The van der Waals surface area contributed by atoms with E-state index in [-0.39, 0.29) is 0 Å². The lowest BCUT2D eigenvalue weighted by Gasteiger charge is -2.23. The summed E-state index contributed by atoms with van der Waals surface area (Å²) in [5, 5.41) is 7.05. The van der Waals surface area contributed by atoms with Crippen LogP contribution in [0.4, 0.5) is 0 Å². The van der Waals surface area contributed by atoms with Gasteiger partial charge in [-0.25, -0.2) is 4.99 Å². The lowest BCUT2D eigenvalue weighted by atomic mass is 9.96. The average Bonchev–Trinajstić information content (AvgIpc) is 3.23. The molecule has 3 fully saturated rings. The summed E-state index contributed by atoms with van der Waals surface area (Å²) in [6.45, 7) is 7.24. The molecule has 0 aliphatic carbocycles. The molecular formula is C23H36N4O. The molecule has 3 saturated heterocycles. The minimum Gasteiger partial charge on any atom is -0.373 e. The average molecular weight is 385 g/mol. The van der Waals surface area contributed by atoms with Crippen molar-refractivity contribution in [2.75, 3.05) is 19.6 Å². The van der Waals surface area contributed by atoms with E-state index in [9.17, 15) is 0 Å². The first-order chi connectivity index (χ1) is 13.8. The van der Waals surface area contributed by atoms with Crippen molar-refractivity contribution in [1.82, 2.24) is 15.5 Å². The molecule has 1 aromatic rings. The van der Waals surface area contributed by atoms with Gasteiger partial charge in [-0.15, -0.1) is 0 Å². The Morgan fingerprint density at radius 3 is 2.57 bits per heavy atom. The number of fused-ring (bicyclic) bond motifs is 2. The summed E-state index contributed by atoms with van der Waals surface area (Å²) in [6.07, 6.45) is 9.77. The normalized spacial score (nSPS) is 28.3. The maximum atomic E-state index is 5.99. The summed E-state index contributed by atoms with van der Waals surface area (Å²) in [5.41, 5.74) is 2.76. The summed E-state index contributed by atoms with van der Waals surface area (Å²) in [7, 11) is 0. The van der Waals surface area contributed by atoms with Crippen LogP contribution in [0.3, 0.4) is 0 Å². The Kier molecular flexibility index (Phi) is 6.86. The first kappa shape index (κ1) is 19.7. The molecule has 3 atom stereocenters. The van der Waals surface area contributed by atoms with Crippen LogP contribution in [0.15, 0.2) is 29.3 Å². The van der Waals surface area contributed by atoms with Crippen molar-refractivity contribution in [2.24, 2.45) is 4.99 Å². The van der Waals surface area contributed by atoms with Gasteiger partial charge in [0.05, 0.1) is 24.8 Å². The van der Waals surface area contributed by atoms with Gasteiger partial charge in [-0.1, -0.05) is 37.1 Å². The summed E-state index contributed by atoms with van der Waals surface area (Å²) in [5.74, 6) is 0.924. The largest absolute Gasteiger partial charge is 0.373 e. The van der Waals surface area contributed by atoms with Gasteiger partial charge in [0.2, 0.25) is 0 Å². The van der Waals surface area contributed by atoms with Crippen molar-refractivity contribution in [3.05, 3.63) is 35.4 Å². The highest BCUT2D eigenvalue weighted by Gasteiger charge is 2.41. The van der Waals surface area contributed by atoms with E-state index in [2.05, 4.69) is 46.7 Å². The molecule has 28 heavy (non-hydrogen) atoms. The van der Waals surface area contributed by atoms with Crippen LogP contribution in [-0.4, -0.2) is 48.7 Å². The molecule has 3 heterocycles. The van der Waals surface area contributed by atoms with Crippen LogP contribution in [-0.2, 0) is 17.8 Å². The molecule has 0 radical (unpaired) electrons. The molecule has 5 nitrogen and oxygen atoms in total. The van der Waals surface area contributed by atoms with Gasteiger partial charge in [-0.3, -0.25) is 4.90 Å². The van der Waals surface area contributed by atoms with Crippen LogP contribution in [0.5, 0.6) is 0 Å². The van der Waals surface area contributed by atoms with E-state index < -0.39 is 0 Å². The molecule has 0 amide bonds. The van der Waals surface area contributed by atoms with E-state index in [0.29, 0.717) is 18.2 Å². The Balaban J connectivity index is 1.40. The zero-order valence-electron chi connectivity index (χ0n) is 17.3. The second kappa shape index (κ2) is 9.75. The fraction of sp³-hybridized carbons (Fsp3) is 0.696. The third kappa shape index (κ3) is 5.06. The van der Waals surface area contributed by atoms with Crippen LogP contribution in [0.1, 0.15) is 63.0 Å². The van der Waals surface area contributed by atoms with Gasteiger partial charge in [0, 0.05) is 13.1 Å². The van der Waals surface area contributed by atoms with Crippen LogP contribution in [0.25, 0.3) is 0 Å². The zero-order valence-corrected chi connectivity index (χ0v) is 17.3. The van der Waals surface area contributed by atoms with Gasteiger partial charge in [0.25, 0.3) is 0 Å². The van der Waals surface area contributed by atoms with E-state index in [1.54, 1.807) is 0 Å². The maximum absolute atomic E-state index is 5.99. The predicted molar refractivity (Wildman–Crippen MR) is 114 cm³/mol. The lowest BCUT2D eigenvalue weighted by molar-refractivity contribution is 0.0992. The number of ether oxygens (including phenoxy) is 1. The molecule has 3 aliphatic rings. The Labute approximate surface area is 169 Å². The van der Waals surface area contributed by atoms with E-state index in [4.69, 9.17) is 9.73 Å². The molecule has 5 heteroatoms. The molecule has 154 valence electrons. The van der Waals surface area contributed by atoms with E-state index >= 15 is 0 Å².